The molecule has 190 valence electrons. The van der Waals surface area contributed by atoms with E-state index >= 15 is 0 Å². The number of hydrogen-bond acceptors (Lipinski definition) is 4. The summed E-state index contributed by atoms with van der Waals surface area (Å²) >= 11 is 3.23. The molecule has 7 heteroatoms. The Morgan fingerprint density at radius 1 is 1.06 bits per heavy atom. The number of aliphatic hydroxyl groups is 1. The lowest BCUT2D eigenvalue weighted by atomic mass is 9.78. The summed E-state index contributed by atoms with van der Waals surface area (Å²) in [5.74, 6) is 0.789. The predicted octanol–water partition coefficient (Wildman–Crippen LogP) is 6.00. The van der Waals surface area contributed by atoms with Crippen molar-refractivity contribution >= 4 is 21.9 Å². The first-order valence-electron chi connectivity index (χ1n) is 12.2. The zero-order valence-electron chi connectivity index (χ0n) is 22.1. The fourth-order valence-corrected chi connectivity index (χ4v) is 4.74. The van der Waals surface area contributed by atoms with Gasteiger partial charge >= 0.3 is 0 Å². The van der Waals surface area contributed by atoms with Gasteiger partial charge in [-0.2, -0.15) is 4.02 Å². The van der Waals surface area contributed by atoms with Crippen LogP contribution in [0.2, 0.25) is 0 Å². The highest BCUT2D eigenvalue weighted by molar-refractivity contribution is 9.08. The molecule has 2 aromatic rings. The fourth-order valence-electron chi connectivity index (χ4n) is 4.34. The highest BCUT2D eigenvalue weighted by Crippen LogP contribution is 2.39. The van der Waals surface area contributed by atoms with Crippen molar-refractivity contribution in [3.05, 3.63) is 46.3 Å². The molecule has 0 saturated carbocycles. The molecule has 0 aliphatic carbocycles. The third kappa shape index (κ3) is 6.42. The quantitative estimate of drug-likeness (QED) is 0.386. The Balaban J connectivity index is 2.51. The number of nitrogens with zero attached hydrogens (tertiary/aromatic N) is 3. The van der Waals surface area contributed by atoms with Gasteiger partial charge in [-0.05, 0) is 35.3 Å². The molecule has 1 aromatic heterocycles. The molecule has 6 nitrogen and oxygen atoms in total. The lowest BCUT2D eigenvalue weighted by Gasteiger charge is -2.28. The zero-order chi connectivity index (χ0) is 25.8. The normalized spacial score (nSPS) is 13.2. The van der Waals surface area contributed by atoms with Crippen LogP contribution in [0.5, 0.6) is 5.75 Å². The van der Waals surface area contributed by atoms with Gasteiger partial charge < -0.3 is 19.3 Å². The number of aryl methyl sites for hydroxylation is 1. The Hall–Kier alpha value is -1.86. The number of benzene rings is 1. The molecule has 0 saturated heterocycles. The lowest BCUT2D eigenvalue weighted by molar-refractivity contribution is 0.0967. The van der Waals surface area contributed by atoms with Gasteiger partial charge in [-0.15, -0.1) is 0 Å². The molecule has 1 aromatic carbocycles. The Labute approximate surface area is 213 Å². The summed E-state index contributed by atoms with van der Waals surface area (Å²) in [5.41, 5.74) is 2.66. The van der Waals surface area contributed by atoms with E-state index < -0.39 is 0 Å². The third-order valence-corrected chi connectivity index (χ3v) is 6.99. The number of aromatic nitrogens is 2. The van der Waals surface area contributed by atoms with Gasteiger partial charge in [-0.1, -0.05) is 68.2 Å². The van der Waals surface area contributed by atoms with Gasteiger partial charge in [0.05, 0.1) is 35.0 Å². The molecule has 2 N–H and O–H groups in total. The van der Waals surface area contributed by atoms with E-state index in [2.05, 4.69) is 34.0 Å². The molecule has 34 heavy (non-hydrogen) atoms. The molecule has 0 atom stereocenters. The number of aliphatic hydroxyl groups excluding tert-OH is 1. The van der Waals surface area contributed by atoms with Crippen LogP contribution in [0.25, 0.3) is 0 Å². The summed E-state index contributed by atoms with van der Waals surface area (Å²) in [6, 6.07) is 3.61. The summed E-state index contributed by atoms with van der Waals surface area (Å²) in [6.45, 7) is 17.2. The molecule has 0 aliphatic rings. The van der Waals surface area contributed by atoms with E-state index in [-0.39, 0.29) is 35.5 Å². The second-order valence-corrected chi connectivity index (χ2v) is 11.6. The maximum atomic E-state index is 13.5. The Kier molecular flexibility index (Phi) is 9.39. The van der Waals surface area contributed by atoms with Crippen LogP contribution >= 0.6 is 16.1 Å². The Morgan fingerprint density at radius 2 is 1.59 bits per heavy atom. The summed E-state index contributed by atoms with van der Waals surface area (Å²) in [6.07, 6.45) is 5.14. The number of rotatable bonds is 9. The number of phenols is 1. The highest BCUT2D eigenvalue weighted by Gasteiger charge is 2.28. The average molecular weight is 537 g/mol. The third-order valence-electron chi connectivity index (χ3n) is 6.67. The van der Waals surface area contributed by atoms with Crippen LogP contribution in [0.1, 0.15) is 102 Å². The van der Waals surface area contributed by atoms with Crippen molar-refractivity contribution in [2.75, 3.05) is 0 Å². The molecule has 0 spiro atoms. The first-order valence-corrected chi connectivity index (χ1v) is 12.9. The van der Waals surface area contributed by atoms with Crippen LogP contribution in [0.4, 0.5) is 0 Å². The monoisotopic (exact) mass is 535 g/mol. The molecule has 0 aliphatic heterocycles. The van der Waals surface area contributed by atoms with Crippen molar-refractivity contribution < 1.29 is 15.0 Å². The number of imidazole rings is 1. The van der Waals surface area contributed by atoms with Crippen molar-refractivity contribution in [1.82, 2.24) is 9.13 Å². The SMILES string of the molecule is CCC(CC)CCn1cc(CO)n(CC(=O)c2cc(C(C)(C)C)c(O)c(C(C)(C)C)c2)/c1=N\Br. The second-order valence-electron chi connectivity index (χ2n) is 11.3. The smallest absolute Gasteiger partial charge is 0.217 e. The molecular weight excluding hydrogens is 494 g/mol. The van der Waals surface area contributed by atoms with Crippen molar-refractivity contribution in [3.8, 4) is 5.75 Å². The molecule has 1 heterocycles. The van der Waals surface area contributed by atoms with Crippen LogP contribution in [0, 0.1) is 5.92 Å². The van der Waals surface area contributed by atoms with Gasteiger partial charge in [0.15, 0.2) is 5.78 Å². The number of carbonyl (C=O) groups is 1. The minimum absolute atomic E-state index is 0.0518. The fraction of sp³-hybridized carbons (Fsp3) is 0.630. The molecule has 2 rings (SSSR count). The van der Waals surface area contributed by atoms with E-state index in [0.717, 1.165) is 36.9 Å². The number of halogens is 1. The van der Waals surface area contributed by atoms with Crippen molar-refractivity contribution in [2.24, 2.45) is 9.94 Å². The molecule has 0 amide bonds. The second kappa shape index (κ2) is 11.3. The number of phenolic OH excluding ortho intramolecular Hbond substituents is 1. The minimum atomic E-state index is -0.321. The first-order chi connectivity index (χ1) is 15.8. The van der Waals surface area contributed by atoms with Crippen molar-refractivity contribution in [3.63, 3.8) is 0 Å². The van der Waals surface area contributed by atoms with Gasteiger partial charge in [-0.3, -0.25) is 4.79 Å². The van der Waals surface area contributed by atoms with Gasteiger partial charge in [0.25, 0.3) is 0 Å². The number of hydrogen-bond donors (Lipinski definition) is 2. The van der Waals surface area contributed by atoms with E-state index in [1.54, 1.807) is 16.7 Å². The maximum absolute atomic E-state index is 13.5. The topological polar surface area (TPSA) is 79.8 Å². The van der Waals surface area contributed by atoms with Crippen LogP contribution in [0.3, 0.4) is 0 Å². The minimum Gasteiger partial charge on any atom is -0.507 e. The lowest BCUT2D eigenvalue weighted by Crippen LogP contribution is -2.29. The molecule has 0 unspecified atom stereocenters. The summed E-state index contributed by atoms with van der Waals surface area (Å²) in [4.78, 5) is 13.5. The number of ketones is 1. The van der Waals surface area contributed by atoms with Gasteiger partial charge in [0.1, 0.15) is 5.75 Å². The van der Waals surface area contributed by atoms with Crippen LogP contribution in [0.15, 0.2) is 22.3 Å². The van der Waals surface area contributed by atoms with Gasteiger partial charge in [0.2, 0.25) is 5.62 Å². The summed E-state index contributed by atoms with van der Waals surface area (Å²) in [5, 5.41) is 21.0. The number of carbonyl (C=O) groups excluding carboxylic acids is 1. The molecule has 0 fully saturated rings. The summed E-state index contributed by atoms with van der Waals surface area (Å²) < 4.78 is 8.05. The van der Waals surface area contributed by atoms with Crippen LogP contribution < -0.4 is 5.62 Å². The van der Waals surface area contributed by atoms with E-state index in [1.807, 2.05) is 52.3 Å². The van der Waals surface area contributed by atoms with Crippen molar-refractivity contribution in [1.29, 1.82) is 0 Å². The summed E-state index contributed by atoms with van der Waals surface area (Å²) in [7, 11) is 0. The van der Waals surface area contributed by atoms with E-state index in [9.17, 15) is 15.0 Å². The predicted molar refractivity (Wildman–Crippen MR) is 141 cm³/mol. The average Bonchev–Trinajstić information content (AvgIpc) is 3.09. The molecule has 0 radical (unpaired) electrons. The maximum Gasteiger partial charge on any atom is 0.217 e. The van der Waals surface area contributed by atoms with Gasteiger partial charge in [-0.25, -0.2) is 0 Å². The first kappa shape index (κ1) is 28.4. The Morgan fingerprint density at radius 3 is 2.00 bits per heavy atom. The number of aromatic hydroxyl groups is 1. The zero-order valence-corrected chi connectivity index (χ0v) is 23.7. The van der Waals surface area contributed by atoms with Crippen LogP contribution in [-0.4, -0.2) is 25.1 Å². The van der Waals surface area contributed by atoms with Crippen molar-refractivity contribution in [2.45, 2.75) is 105 Å². The molecule has 0 bridgehead atoms. The number of Topliss-reactive ketones (excluding diaryl/α,β-unsaturated/α-hetero) is 1. The highest BCUT2D eigenvalue weighted by atomic mass is 79.9. The Bertz CT molecular complexity index is 1030. The van der Waals surface area contributed by atoms with E-state index in [0.29, 0.717) is 22.8 Å². The van der Waals surface area contributed by atoms with Crippen LogP contribution in [-0.2, 0) is 30.5 Å². The van der Waals surface area contributed by atoms with E-state index in [1.165, 1.54) is 0 Å². The van der Waals surface area contributed by atoms with E-state index in [4.69, 9.17) is 0 Å². The standard InChI is InChI=1S/C27H42BrN3O3/c1-9-18(10-2)11-12-30-15-20(17-32)31(25(30)29-28)16-23(33)19-13-21(26(3,4)5)24(34)22(14-19)27(6,7)8/h13-15,18,32,34H,9-12,16-17H2,1-8H3/b29-25-. The van der Waals surface area contributed by atoms with Gasteiger partial charge in [0, 0.05) is 29.4 Å². The molecular formula is C27H42BrN3O3. The largest absolute Gasteiger partial charge is 0.507 e.